The van der Waals surface area contributed by atoms with Gasteiger partial charge in [-0.25, -0.2) is 4.98 Å². The quantitative estimate of drug-likeness (QED) is 0.606. The third-order valence-electron chi connectivity index (χ3n) is 6.33. The van der Waals surface area contributed by atoms with Crippen molar-refractivity contribution in [2.24, 2.45) is 0 Å². The highest BCUT2D eigenvalue weighted by atomic mass is 16.7. The summed E-state index contributed by atoms with van der Waals surface area (Å²) >= 11 is 0. The Hall–Kier alpha value is -2.49. The van der Waals surface area contributed by atoms with E-state index < -0.39 is 5.79 Å². The largest absolute Gasteiger partial charge is 0.393 e. The summed E-state index contributed by atoms with van der Waals surface area (Å²) in [5.74, 6) is 0.305. The Morgan fingerprint density at radius 2 is 2.03 bits per heavy atom. The van der Waals surface area contributed by atoms with Crippen molar-refractivity contribution in [3.05, 3.63) is 24.7 Å². The third kappa shape index (κ3) is 4.24. The van der Waals surface area contributed by atoms with Crippen LogP contribution in [-0.4, -0.2) is 60.8 Å². The van der Waals surface area contributed by atoms with Gasteiger partial charge in [0, 0.05) is 36.0 Å². The molecule has 9 heteroatoms. The van der Waals surface area contributed by atoms with Crippen LogP contribution < -0.4 is 5.32 Å². The van der Waals surface area contributed by atoms with Crippen LogP contribution >= 0.6 is 0 Å². The molecular weight excluding hydrogens is 408 g/mol. The van der Waals surface area contributed by atoms with E-state index in [9.17, 15) is 5.11 Å². The van der Waals surface area contributed by atoms with Gasteiger partial charge in [-0.3, -0.25) is 9.36 Å². The van der Waals surface area contributed by atoms with E-state index in [1.54, 1.807) is 0 Å². The first-order chi connectivity index (χ1) is 15.4. The van der Waals surface area contributed by atoms with Crippen LogP contribution in [0.1, 0.15) is 52.5 Å². The number of aliphatic hydroxyl groups is 1. The van der Waals surface area contributed by atoms with Gasteiger partial charge < -0.3 is 19.9 Å². The van der Waals surface area contributed by atoms with Gasteiger partial charge >= 0.3 is 0 Å². The molecule has 2 N–H and O–H groups in total. The highest BCUT2D eigenvalue weighted by molar-refractivity contribution is 5.93. The maximum absolute atomic E-state index is 9.96. The maximum atomic E-state index is 9.96. The van der Waals surface area contributed by atoms with Gasteiger partial charge in [-0.15, -0.1) is 0 Å². The Kier molecular flexibility index (Phi) is 5.65. The predicted octanol–water partition coefficient (Wildman–Crippen LogP) is 3.35. The lowest BCUT2D eigenvalue weighted by Crippen LogP contribution is -2.24. The van der Waals surface area contributed by atoms with Crippen LogP contribution in [0.2, 0.25) is 0 Å². The average molecular weight is 441 g/mol. The summed E-state index contributed by atoms with van der Waals surface area (Å²) in [6, 6.07) is 2.35. The van der Waals surface area contributed by atoms with Gasteiger partial charge in [0.25, 0.3) is 0 Å². The molecule has 32 heavy (non-hydrogen) atoms. The maximum Gasteiger partial charge on any atom is 0.163 e. The number of nitrogens with one attached hydrogen (secondary N) is 1. The Balaban J connectivity index is 1.47. The second kappa shape index (κ2) is 8.46. The zero-order valence-corrected chi connectivity index (χ0v) is 19.0. The summed E-state index contributed by atoms with van der Waals surface area (Å²) in [4.78, 5) is 4.59. The number of fused-ring (bicyclic) bond motifs is 1. The van der Waals surface area contributed by atoms with E-state index in [1.165, 1.54) is 0 Å². The van der Waals surface area contributed by atoms with Crippen LogP contribution in [0, 0.1) is 0 Å². The van der Waals surface area contributed by atoms with Crippen molar-refractivity contribution in [1.29, 1.82) is 0 Å². The first-order valence-corrected chi connectivity index (χ1v) is 11.6. The molecule has 2 fully saturated rings. The zero-order chi connectivity index (χ0) is 22.3. The van der Waals surface area contributed by atoms with Crippen LogP contribution in [0.4, 0.5) is 5.82 Å². The van der Waals surface area contributed by atoms with Crippen LogP contribution in [0.3, 0.4) is 0 Å². The van der Waals surface area contributed by atoms with Crippen LogP contribution in [0.25, 0.3) is 22.2 Å². The first kappa shape index (κ1) is 21.4. The van der Waals surface area contributed by atoms with Crippen molar-refractivity contribution in [3.8, 4) is 11.3 Å². The minimum Gasteiger partial charge on any atom is -0.393 e. The first-order valence-electron chi connectivity index (χ1n) is 11.6. The number of ether oxygens (including phenoxy) is 2. The third-order valence-corrected chi connectivity index (χ3v) is 6.33. The number of hydrogen-bond donors (Lipinski definition) is 2. The van der Waals surface area contributed by atoms with Crippen molar-refractivity contribution >= 4 is 16.7 Å². The van der Waals surface area contributed by atoms with Crippen LogP contribution in [-0.2, 0) is 16.0 Å². The monoisotopic (exact) mass is 440 g/mol. The molecule has 3 aromatic heterocycles. The van der Waals surface area contributed by atoms with Gasteiger partial charge in [-0.05, 0) is 46.5 Å². The van der Waals surface area contributed by atoms with Crippen LogP contribution in [0.15, 0.2) is 24.7 Å². The van der Waals surface area contributed by atoms with Crippen molar-refractivity contribution in [2.75, 3.05) is 18.5 Å². The molecule has 1 aliphatic carbocycles. The normalized spacial score (nSPS) is 25.4. The van der Waals surface area contributed by atoms with Crippen molar-refractivity contribution in [1.82, 2.24) is 24.5 Å². The summed E-state index contributed by atoms with van der Waals surface area (Å²) in [5, 5.41) is 23.9. The molecule has 0 unspecified atom stereocenters. The molecule has 1 atom stereocenters. The number of hydrogen-bond acceptors (Lipinski definition) is 7. The molecule has 5 rings (SSSR count). The number of anilines is 1. The van der Waals surface area contributed by atoms with Gasteiger partial charge in [0.2, 0.25) is 0 Å². The van der Waals surface area contributed by atoms with E-state index in [1.807, 2.05) is 37.1 Å². The summed E-state index contributed by atoms with van der Waals surface area (Å²) in [6.45, 7) is 7.92. The molecule has 0 bridgehead atoms. The van der Waals surface area contributed by atoms with E-state index in [4.69, 9.17) is 14.6 Å². The van der Waals surface area contributed by atoms with Crippen molar-refractivity contribution in [2.45, 2.75) is 77.0 Å². The number of nitrogens with zero attached hydrogens (tertiary/aromatic N) is 5. The van der Waals surface area contributed by atoms with E-state index in [0.29, 0.717) is 13.2 Å². The molecule has 1 saturated carbocycles. The Bertz CT molecular complexity index is 1080. The van der Waals surface area contributed by atoms with E-state index in [-0.39, 0.29) is 18.2 Å². The number of aromatic nitrogens is 5. The summed E-state index contributed by atoms with van der Waals surface area (Å²) in [6.07, 6.45) is 9.02. The molecule has 3 aromatic rings. The Morgan fingerprint density at radius 3 is 2.75 bits per heavy atom. The molecule has 0 radical (unpaired) electrons. The van der Waals surface area contributed by atoms with Crippen molar-refractivity contribution in [3.63, 3.8) is 0 Å². The van der Waals surface area contributed by atoms with Gasteiger partial charge in [-0.1, -0.05) is 0 Å². The van der Waals surface area contributed by atoms with Gasteiger partial charge in [0.1, 0.15) is 17.6 Å². The van der Waals surface area contributed by atoms with Gasteiger partial charge in [-0.2, -0.15) is 10.2 Å². The number of rotatable bonds is 6. The average Bonchev–Trinajstić information content (AvgIpc) is 3.46. The van der Waals surface area contributed by atoms with E-state index in [0.717, 1.165) is 60.2 Å². The topological polar surface area (TPSA) is 99.3 Å². The fraction of sp³-hybridized carbons (Fsp3) is 0.609. The molecule has 4 heterocycles. The molecule has 9 nitrogen and oxygen atoms in total. The van der Waals surface area contributed by atoms with Crippen molar-refractivity contribution < 1.29 is 14.6 Å². The molecule has 1 saturated heterocycles. The number of aliphatic hydroxyl groups excluding tert-OH is 1. The Morgan fingerprint density at radius 1 is 1.22 bits per heavy atom. The molecule has 0 spiro atoms. The van der Waals surface area contributed by atoms with Crippen LogP contribution in [0.5, 0.6) is 0 Å². The lowest BCUT2D eigenvalue weighted by molar-refractivity contribution is -0.139. The summed E-state index contributed by atoms with van der Waals surface area (Å²) in [5.41, 5.74) is 2.91. The molecule has 2 aliphatic rings. The smallest absolute Gasteiger partial charge is 0.163 e. The standard InChI is InChI=1S/C23H32N6O3/c1-4-24-21-9-20-19(11-25-21)22(27-29(20)16-5-7-17(30)8-6-16)15-10-26-28(12-15)13-18-14-31-23(2,3)32-18/h9-12,16-18,30H,4-8,13-14H2,1-3H3,(H,24,25)/t16?,17?,18-/m1/s1. The fourth-order valence-corrected chi connectivity index (χ4v) is 4.75. The fourth-order valence-electron chi connectivity index (χ4n) is 4.75. The van der Waals surface area contributed by atoms with E-state index >= 15 is 0 Å². The van der Waals surface area contributed by atoms with Gasteiger partial charge in [0.05, 0.1) is 37.0 Å². The lowest BCUT2D eigenvalue weighted by Gasteiger charge is -2.26. The minimum absolute atomic E-state index is 0.0231. The second-order valence-corrected chi connectivity index (χ2v) is 9.27. The predicted molar refractivity (Wildman–Crippen MR) is 121 cm³/mol. The highest BCUT2D eigenvalue weighted by Gasteiger charge is 2.33. The molecule has 0 aromatic carbocycles. The second-order valence-electron chi connectivity index (χ2n) is 9.27. The lowest BCUT2D eigenvalue weighted by atomic mass is 9.93. The number of pyridine rings is 1. The highest BCUT2D eigenvalue weighted by Crippen LogP contribution is 2.35. The van der Waals surface area contributed by atoms with E-state index in [2.05, 4.69) is 33.1 Å². The Labute approximate surface area is 187 Å². The summed E-state index contributed by atoms with van der Waals surface area (Å²) < 4.78 is 15.6. The summed E-state index contributed by atoms with van der Waals surface area (Å²) in [7, 11) is 0. The molecule has 172 valence electrons. The van der Waals surface area contributed by atoms with Gasteiger partial charge in [0.15, 0.2) is 5.79 Å². The molecular formula is C23H32N6O3. The zero-order valence-electron chi connectivity index (χ0n) is 19.0. The SMILES string of the molecule is CCNc1cc2c(cn1)c(-c1cnn(C[C@@H]3COC(C)(C)O3)c1)nn2C1CCC(O)CC1. The minimum atomic E-state index is -0.543. The molecule has 0 amide bonds. The molecule has 1 aliphatic heterocycles.